The Balaban J connectivity index is 1.88. The molecule has 0 radical (unpaired) electrons. The summed E-state index contributed by atoms with van der Waals surface area (Å²) in [4.78, 5) is 23.8. The highest BCUT2D eigenvalue weighted by molar-refractivity contribution is 7.80. The number of halogens is 3. The minimum atomic E-state index is -0.545. The monoisotopic (exact) mass is 385 g/mol. The Kier molecular flexibility index (Phi) is 6.08. The number of nitrogens with one attached hydrogen (secondary N) is 3. The van der Waals surface area contributed by atoms with Gasteiger partial charge in [0.25, 0.3) is 11.8 Å². The fourth-order valence-corrected chi connectivity index (χ4v) is 2.07. The average Bonchev–Trinajstić information content (AvgIpc) is 2.55. The molecule has 0 unspecified atom stereocenters. The third-order valence-corrected chi connectivity index (χ3v) is 3.75. The Morgan fingerprint density at radius 2 is 1.50 bits per heavy atom. The smallest absolute Gasteiger partial charge is 0.269 e. The summed E-state index contributed by atoms with van der Waals surface area (Å²) in [5.74, 6) is -1.52. The van der Waals surface area contributed by atoms with Crippen LogP contribution in [-0.4, -0.2) is 16.9 Å². The van der Waals surface area contributed by atoms with Crippen LogP contribution in [0, 0.1) is 5.82 Å². The van der Waals surface area contributed by atoms with Crippen LogP contribution < -0.4 is 16.2 Å². The molecule has 9 heteroatoms. The van der Waals surface area contributed by atoms with Crippen LogP contribution in [0.1, 0.15) is 20.7 Å². The van der Waals surface area contributed by atoms with Crippen molar-refractivity contribution in [3.8, 4) is 0 Å². The van der Waals surface area contributed by atoms with Crippen LogP contribution in [0.2, 0.25) is 10.0 Å². The molecule has 2 aromatic carbocycles. The average molecular weight is 386 g/mol. The van der Waals surface area contributed by atoms with Gasteiger partial charge in [-0.15, -0.1) is 0 Å². The first kappa shape index (κ1) is 18.1. The number of carbonyl (C=O) groups excluding carboxylic acids is 2. The molecule has 2 aromatic rings. The number of amides is 2. The fourth-order valence-electron chi connectivity index (χ4n) is 1.63. The van der Waals surface area contributed by atoms with E-state index >= 15 is 0 Å². The number of hydrazine groups is 1. The molecule has 0 atom stereocenters. The van der Waals surface area contributed by atoms with Gasteiger partial charge in [-0.25, -0.2) is 4.39 Å². The maximum atomic E-state index is 12.8. The van der Waals surface area contributed by atoms with Crippen LogP contribution in [0.5, 0.6) is 0 Å². The van der Waals surface area contributed by atoms with Gasteiger partial charge in [-0.1, -0.05) is 23.2 Å². The number of benzene rings is 2. The first-order valence-corrected chi connectivity index (χ1v) is 7.65. The Hall–Kier alpha value is -2.22. The topological polar surface area (TPSA) is 70.2 Å². The van der Waals surface area contributed by atoms with Crippen molar-refractivity contribution in [3.63, 3.8) is 0 Å². The maximum Gasteiger partial charge on any atom is 0.269 e. The van der Waals surface area contributed by atoms with E-state index in [0.29, 0.717) is 5.02 Å². The predicted octanol–water partition coefficient (Wildman–Crippen LogP) is 3.08. The summed E-state index contributed by atoms with van der Waals surface area (Å²) in [5, 5.41) is 2.77. The Bertz CT molecular complexity index is 800. The second kappa shape index (κ2) is 8.05. The van der Waals surface area contributed by atoms with Gasteiger partial charge in [-0.3, -0.25) is 25.8 Å². The minimum absolute atomic E-state index is 0.127. The first-order chi connectivity index (χ1) is 11.4. The van der Waals surface area contributed by atoms with Crippen LogP contribution >= 0.6 is 35.4 Å². The Morgan fingerprint density at radius 3 is 2.12 bits per heavy atom. The molecule has 0 aliphatic heterocycles. The van der Waals surface area contributed by atoms with Crippen molar-refractivity contribution < 1.29 is 14.0 Å². The van der Waals surface area contributed by atoms with Gasteiger partial charge in [0.05, 0.1) is 10.0 Å². The van der Waals surface area contributed by atoms with Gasteiger partial charge in [0.1, 0.15) is 5.82 Å². The number of hydrogen-bond donors (Lipinski definition) is 3. The highest BCUT2D eigenvalue weighted by Crippen LogP contribution is 2.22. The van der Waals surface area contributed by atoms with Gasteiger partial charge >= 0.3 is 0 Å². The third-order valence-electron chi connectivity index (χ3n) is 2.80. The summed E-state index contributed by atoms with van der Waals surface area (Å²) in [7, 11) is 0. The summed E-state index contributed by atoms with van der Waals surface area (Å²) in [6.07, 6.45) is 0. The first-order valence-electron chi connectivity index (χ1n) is 6.49. The second-order valence-corrected chi connectivity index (χ2v) is 5.72. The zero-order valence-electron chi connectivity index (χ0n) is 11.9. The van der Waals surface area contributed by atoms with E-state index < -0.39 is 17.6 Å². The molecule has 2 amide bonds. The summed E-state index contributed by atoms with van der Waals surface area (Å²) in [5.41, 5.74) is 5.15. The Labute approximate surface area is 152 Å². The maximum absolute atomic E-state index is 12.8. The van der Waals surface area contributed by atoms with Crippen molar-refractivity contribution in [1.29, 1.82) is 0 Å². The van der Waals surface area contributed by atoms with E-state index in [1.54, 1.807) is 0 Å². The molecule has 24 heavy (non-hydrogen) atoms. The SMILES string of the molecule is O=C(NNC(=S)NC(=O)c1ccc(F)cc1)c1ccc(Cl)c(Cl)c1. The van der Waals surface area contributed by atoms with Gasteiger partial charge in [-0.2, -0.15) is 0 Å². The predicted molar refractivity (Wildman–Crippen MR) is 93.5 cm³/mol. The molecule has 3 N–H and O–H groups in total. The Morgan fingerprint density at radius 1 is 0.875 bits per heavy atom. The van der Waals surface area contributed by atoms with Crippen LogP contribution in [-0.2, 0) is 0 Å². The lowest BCUT2D eigenvalue weighted by atomic mass is 10.2. The van der Waals surface area contributed by atoms with Gasteiger partial charge in [0, 0.05) is 11.1 Å². The van der Waals surface area contributed by atoms with E-state index in [0.717, 1.165) is 12.1 Å². The molecule has 0 heterocycles. The number of rotatable bonds is 2. The molecule has 5 nitrogen and oxygen atoms in total. The fraction of sp³-hybridized carbons (Fsp3) is 0. The molecule has 0 bridgehead atoms. The lowest BCUT2D eigenvalue weighted by Gasteiger charge is -2.11. The van der Waals surface area contributed by atoms with E-state index in [9.17, 15) is 14.0 Å². The number of hydrogen-bond acceptors (Lipinski definition) is 3. The summed E-state index contributed by atoms with van der Waals surface area (Å²) in [6.45, 7) is 0. The molecule has 0 spiro atoms. The number of carbonyl (C=O) groups is 2. The molecular weight excluding hydrogens is 376 g/mol. The van der Waals surface area contributed by atoms with Crippen molar-refractivity contribution in [2.75, 3.05) is 0 Å². The lowest BCUT2D eigenvalue weighted by Crippen LogP contribution is -2.48. The zero-order chi connectivity index (χ0) is 17.7. The highest BCUT2D eigenvalue weighted by atomic mass is 35.5. The largest absolute Gasteiger partial charge is 0.298 e. The molecule has 124 valence electrons. The summed E-state index contributed by atoms with van der Waals surface area (Å²) >= 11 is 16.5. The van der Waals surface area contributed by atoms with E-state index in [2.05, 4.69) is 16.2 Å². The van der Waals surface area contributed by atoms with Crippen molar-refractivity contribution in [2.45, 2.75) is 0 Å². The summed E-state index contributed by atoms with van der Waals surface area (Å²) < 4.78 is 12.8. The molecule has 0 aliphatic carbocycles. The van der Waals surface area contributed by atoms with Crippen LogP contribution in [0.3, 0.4) is 0 Å². The van der Waals surface area contributed by atoms with Gasteiger partial charge < -0.3 is 0 Å². The molecule has 0 saturated carbocycles. The third kappa shape index (κ3) is 4.89. The van der Waals surface area contributed by atoms with Gasteiger partial charge in [0.2, 0.25) is 0 Å². The van der Waals surface area contributed by atoms with Gasteiger partial charge in [0.15, 0.2) is 5.11 Å². The quantitative estimate of drug-likeness (QED) is 0.548. The van der Waals surface area contributed by atoms with Gasteiger partial charge in [-0.05, 0) is 54.7 Å². The minimum Gasteiger partial charge on any atom is -0.298 e. The van der Waals surface area contributed by atoms with Crippen LogP contribution in [0.25, 0.3) is 0 Å². The van der Waals surface area contributed by atoms with Crippen LogP contribution in [0.4, 0.5) is 4.39 Å². The van der Waals surface area contributed by atoms with Crippen molar-refractivity contribution in [2.24, 2.45) is 0 Å². The van der Waals surface area contributed by atoms with E-state index in [1.165, 1.54) is 30.3 Å². The normalized spacial score (nSPS) is 9.96. The van der Waals surface area contributed by atoms with E-state index in [4.69, 9.17) is 35.4 Å². The van der Waals surface area contributed by atoms with Crippen LogP contribution in [0.15, 0.2) is 42.5 Å². The number of thiocarbonyl (C=S) groups is 1. The molecule has 0 aliphatic rings. The van der Waals surface area contributed by atoms with Crippen molar-refractivity contribution in [3.05, 3.63) is 69.5 Å². The molecule has 0 fully saturated rings. The van der Waals surface area contributed by atoms with E-state index in [1.807, 2.05) is 0 Å². The lowest BCUT2D eigenvalue weighted by molar-refractivity contribution is 0.0934. The molecular formula is C15H10Cl2FN3O2S. The van der Waals surface area contributed by atoms with Crippen molar-refractivity contribution in [1.82, 2.24) is 16.2 Å². The highest BCUT2D eigenvalue weighted by Gasteiger charge is 2.10. The van der Waals surface area contributed by atoms with Crippen molar-refractivity contribution >= 4 is 52.3 Å². The second-order valence-electron chi connectivity index (χ2n) is 4.50. The summed E-state index contributed by atoms with van der Waals surface area (Å²) in [6, 6.07) is 9.26. The zero-order valence-corrected chi connectivity index (χ0v) is 14.2. The molecule has 0 aromatic heterocycles. The molecule has 2 rings (SSSR count). The molecule has 0 saturated heterocycles. The standard InChI is InChI=1S/C15H10Cl2FN3O2S/c16-11-6-3-9(7-12(11)17)14(23)20-21-15(24)19-13(22)8-1-4-10(18)5-2-8/h1-7H,(H,20,23)(H2,19,21,22,24). The van der Waals surface area contributed by atoms with E-state index in [-0.39, 0.29) is 21.3 Å².